The quantitative estimate of drug-likeness (QED) is 0.0116. The second-order valence-corrected chi connectivity index (χ2v) is 38.2. The monoisotopic (exact) mass is 1930 g/mol. The molecule has 4 fully saturated rings. The van der Waals surface area contributed by atoms with E-state index >= 15 is 9.59 Å². The van der Waals surface area contributed by atoms with Gasteiger partial charge in [0.15, 0.2) is 49.6 Å². The maximum absolute atomic E-state index is 15.3. The lowest BCUT2D eigenvalue weighted by Crippen LogP contribution is -2.68. The van der Waals surface area contributed by atoms with Crippen molar-refractivity contribution in [3.05, 3.63) is 0 Å². The number of aliphatic hydroxyl groups excluding tert-OH is 10. The minimum atomic E-state index is -6.19. The molecule has 131 heavy (non-hydrogen) atoms. The van der Waals surface area contributed by atoms with Gasteiger partial charge < -0.3 is 124 Å². The van der Waals surface area contributed by atoms with Crippen molar-refractivity contribution in [2.45, 2.75) is 510 Å². The van der Waals surface area contributed by atoms with E-state index in [0.717, 1.165) is 180 Å². The van der Waals surface area contributed by atoms with E-state index in [9.17, 15) is 109 Å². The van der Waals surface area contributed by atoms with Crippen molar-refractivity contribution in [1.82, 2.24) is 10.6 Å². The number of aliphatic hydroxyl groups is 10. The molecule has 39 nitrogen and oxygen atoms in total. The highest BCUT2D eigenvalue weighted by Gasteiger charge is 2.58. The lowest BCUT2D eigenvalue weighted by molar-refractivity contribution is -0.301. The highest BCUT2D eigenvalue weighted by molar-refractivity contribution is 7.47. The zero-order valence-corrected chi connectivity index (χ0v) is 80.0. The summed E-state index contributed by atoms with van der Waals surface area (Å²) in [6, 6.07) is -4.47. The number of nitrogens with one attached hydrogen (secondary N) is 2. The van der Waals surface area contributed by atoms with Crippen LogP contribution in [0.1, 0.15) is 363 Å². The van der Waals surface area contributed by atoms with Crippen molar-refractivity contribution >= 4 is 63.3 Å². The molecule has 0 aromatic heterocycles. The van der Waals surface area contributed by atoms with Gasteiger partial charge in [-0.1, -0.05) is 273 Å². The molecular weight excluding hydrogens is 1760 g/mol. The number of ether oxygens (including phenoxy) is 9. The Hall–Kier alpha value is -4.62. The van der Waals surface area contributed by atoms with Crippen molar-refractivity contribution in [3.63, 3.8) is 0 Å². The van der Waals surface area contributed by atoms with Crippen LogP contribution in [-0.4, -0.2) is 279 Å². The number of carboxylic acids is 2. The molecule has 4 saturated heterocycles. The highest BCUT2D eigenvalue weighted by atomic mass is 31.2. The summed E-state index contributed by atoms with van der Waals surface area (Å²) in [6.45, 7) is 9.74. The van der Waals surface area contributed by atoms with E-state index in [1.165, 1.54) is 0 Å². The van der Waals surface area contributed by atoms with Crippen LogP contribution in [-0.2, 0) is 108 Å². The third kappa shape index (κ3) is 46.6. The molecule has 0 aromatic carbocycles. The van der Waals surface area contributed by atoms with Crippen LogP contribution in [0.5, 0.6) is 0 Å². The maximum Gasteiger partial charge on any atom is 0.477 e. The van der Waals surface area contributed by atoms with Crippen LogP contribution in [0.25, 0.3) is 0 Å². The summed E-state index contributed by atoms with van der Waals surface area (Å²) in [5.41, 5.74) is 0. The Morgan fingerprint density at radius 3 is 1.01 bits per heavy atom. The normalized spacial score (nSPS) is 27.6. The van der Waals surface area contributed by atoms with Gasteiger partial charge >= 0.3 is 51.5 Å². The molecule has 4 rings (SSSR count). The maximum atomic E-state index is 15.3. The second kappa shape index (κ2) is 66.8. The second-order valence-electron chi connectivity index (χ2n) is 35.5. The first-order valence-electron chi connectivity index (χ1n) is 48.8. The van der Waals surface area contributed by atoms with Crippen LogP contribution >= 0.6 is 15.6 Å². The fourth-order valence-corrected chi connectivity index (χ4v) is 18.3. The van der Waals surface area contributed by atoms with Crippen LogP contribution in [0.3, 0.4) is 0 Å². The molecule has 26 atom stereocenters. The van der Waals surface area contributed by atoms with Gasteiger partial charge in [0.1, 0.15) is 85.3 Å². The molecule has 2 unspecified atom stereocenters. The SMILES string of the molecule is CCCCCCCCCCC(=O)O[C@H](CCCCCCCC)CC(=O)N[C@H]1[C@H](OC[C@H]2O[C@H](OP(=O)(O)O[C@H]3O[C@H](C(=O)O)[C@H](O)[C@H](O)[C@H]3O)[C@H](NC(=O)C[C@@H](CCCCCCCC)OC(=O)CCCCCCCCCC)[C@@H](OC(=O)C[C@H](O)CCCCCCCC)[C@@H]2O)O[C@H](CO)[C@@H](OP(=O)(O)O[C@H]2O[C@H](C(=O)O)[C@H](O)[C@H](O)[C@H]2O)[C@@H]1OC(=O)C[C@H](O)CCCCCCCC. The summed E-state index contributed by atoms with van der Waals surface area (Å²) >= 11 is 0. The summed E-state index contributed by atoms with van der Waals surface area (Å²) in [6.07, 6.45) is -18.7. The summed E-state index contributed by atoms with van der Waals surface area (Å²) < 4.78 is 105. The summed E-state index contributed by atoms with van der Waals surface area (Å²) in [4.78, 5) is 135. The molecule has 0 saturated carbocycles. The van der Waals surface area contributed by atoms with E-state index in [1.54, 1.807) is 0 Å². The summed E-state index contributed by atoms with van der Waals surface area (Å²) in [5, 5.41) is 137. The third-order valence-electron chi connectivity index (χ3n) is 23.9. The molecule has 4 aliphatic rings. The molecular formula is C90H162N2O37P2. The molecule has 4 heterocycles. The number of hydrogen-bond donors (Lipinski definition) is 16. The summed E-state index contributed by atoms with van der Waals surface area (Å²) in [5.74, 6) is -9.93. The van der Waals surface area contributed by atoms with Gasteiger partial charge in [-0.15, -0.1) is 0 Å². The van der Waals surface area contributed by atoms with E-state index < -0.39 is 249 Å². The van der Waals surface area contributed by atoms with Crippen molar-refractivity contribution < 1.29 is 179 Å². The van der Waals surface area contributed by atoms with Gasteiger partial charge in [0.25, 0.3) is 0 Å². The number of phosphoric acid groups is 2. The number of unbranched alkanes of at least 4 members (excludes halogenated alkanes) is 34. The molecule has 16 N–H and O–H groups in total. The molecule has 0 aromatic rings. The Morgan fingerprint density at radius 2 is 0.649 bits per heavy atom. The Morgan fingerprint density at radius 1 is 0.336 bits per heavy atom. The first kappa shape index (κ1) is 119. The Labute approximate surface area is 772 Å². The first-order chi connectivity index (χ1) is 62.6. The van der Waals surface area contributed by atoms with E-state index in [1.807, 2.05) is 27.7 Å². The van der Waals surface area contributed by atoms with Crippen LogP contribution in [0, 0.1) is 0 Å². The standard InChI is InChI=1S/C90H162N2O37P2/c1-7-13-19-25-31-33-39-45-51-67(98)118-61(49-43-37-29-23-17-11-5)55-65(96)91-71-81(122-69(100)53-59(94)47-41-35-27-21-15-9-3)73(102)64(121-88(71)127-131(115,116)129-90-79(108)75(104)77(106)84(125-90)86(111)112)58-117-87-72(92-66(97)56-62(50-44-38-30-24-18-12-6)119-68(99)52-46-40-34-32-26-20-14-8-2)82(123-70(101)54-60(95)48-42-36-28-22-16-10-4)80(63(57-93)120-87)126-130(113,114)128-89-78(107)74(103)76(105)83(124-89)85(109)110/h59-64,71-84,87-90,93-95,102-108H,7-58H2,1-6H3,(H,91,96)(H,92,97)(H,109,110)(H,111,112)(H,113,114)(H,115,116)/t59-,60-,61-,62-,63-,64-,71-,72-,73-,74+,75+,76-,77-,78-,79-,80-,81-,82-,83+,84+,87-,88-,89-,90-/m1/s1. The van der Waals surface area contributed by atoms with Gasteiger partial charge in [-0.3, -0.25) is 46.9 Å². The van der Waals surface area contributed by atoms with Gasteiger partial charge in [0.2, 0.25) is 11.8 Å². The number of carbonyl (C=O) groups is 8. The molecule has 0 radical (unpaired) electrons. The lowest BCUT2D eigenvalue weighted by atomic mass is 9.95. The van der Waals surface area contributed by atoms with Gasteiger partial charge in [-0.25, -0.2) is 18.7 Å². The molecule has 0 spiro atoms. The number of hydrogen-bond acceptors (Lipinski definition) is 33. The molecule has 2 amide bonds. The van der Waals surface area contributed by atoms with Gasteiger partial charge in [0, 0.05) is 12.8 Å². The zero-order chi connectivity index (χ0) is 96.9. The smallest absolute Gasteiger partial charge is 0.477 e. The number of esters is 4. The van der Waals surface area contributed by atoms with Crippen LogP contribution in [0.2, 0.25) is 0 Å². The van der Waals surface area contributed by atoms with Crippen molar-refractivity contribution in [3.8, 4) is 0 Å². The Kier molecular flexibility index (Phi) is 60.5. The number of amides is 2. The van der Waals surface area contributed by atoms with E-state index in [0.29, 0.717) is 77.0 Å². The molecule has 764 valence electrons. The molecule has 0 aliphatic carbocycles. The third-order valence-corrected chi connectivity index (χ3v) is 25.9. The van der Waals surface area contributed by atoms with Crippen LogP contribution < -0.4 is 10.6 Å². The van der Waals surface area contributed by atoms with E-state index in [-0.39, 0.29) is 38.5 Å². The van der Waals surface area contributed by atoms with Crippen molar-refractivity contribution in [1.29, 1.82) is 0 Å². The highest BCUT2D eigenvalue weighted by Crippen LogP contribution is 2.52. The van der Waals surface area contributed by atoms with Crippen LogP contribution in [0.15, 0.2) is 0 Å². The van der Waals surface area contributed by atoms with Gasteiger partial charge in [0.05, 0.1) is 51.1 Å². The van der Waals surface area contributed by atoms with Gasteiger partial charge in [-0.05, 0) is 51.4 Å². The fraction of sp³-hybridized carbons (Fsp3) is 0.911. The Bertz CT molecular complexity index is 3280. The number of aliphatic carboxylic acids is 2. The zero-order valence-electron chi connectivity index (χ0n) is 78.2. The lowest BCUT2D eigenvalue weighted by Gasteiger charge is -2.47. The Balaban J connectivity index is 2.01. The average Bonchev–Trinajstić information content (AvgIpc) is 0.772. The van der Waals surface area contributed by atoms with E-state index in [2.05, 4.69) is 24.5 Å². The van der Waals surface area contributed by atoms with Crippen molar-refractivity contribution in [2.24, 2.45) is 0 Å². The average molecular weight is 1930 g/mol. The van der Waals surface area contributed by atoms with Crippen molar-refractivity contribution in [2.75, 3.05) is 13.2 Å². The minimum absolute atomic E-state index is 0.0124. The predicted octanol–water partition coefficient (Wildman–Crippen LogP) is 10.2. The minimum Gasteiger partial charge on any atom is -0.479 e. The predicted molar refractivity (Wildman–Crippen MR) is 473 cm³/mol. The number of carboxylic acid groups (broad SMARTS) is 2. The topological polar surface area (TPSA) is 598 Å². The van der Waals surface area contributed by atoms with Crippen LogP contribution in [0.4, 0.5) is 0 Å². The largest absolute Gasteiger partial charge is 0.479 e. The van der Waals surface area contributed by atoms with Gasteiger partial charge in [-0.2, -0.15) is 0 Å². The molecule has 4 aliphatic heterocycles. The number of rotatable bonds is 74. The van der Waals surface area contributed by atoms with E-state index in [4.69, 9.17) is 60.7 Å². The first-order valence-corrected chi connectivity index (χ1v) is 51.8. The number of carbonyl (C=O) groups excluding carboxylic acids is 6. The molecule has 0 bridgehead atoms. The summed E-state index contributed by atoms with van der Waals surface area (Å²) in [7, 11) is -12.3. The fourth-order valence-electron chi connectivity index (χ4n) is 16.3. The number of phosphoric ester groups is 2. The molecule has 41 heteroatoms.